The van der Waals surface area contributed by atoms with Crippen LogP contribution in [-0.4, -0.2) is 44.7 Å². The average Bonchev–Trinajstić information content (AvgIpc) is 3.25. The molecular weight excluding hydrogens is 390 g/mol. The summed E-state index contributed by atoms with van der Waals surface area (Å²) < 4.78 is 0. The zero-order valence-electron chi connectivity index (χ0n) is 16.8. The third kappa shape index (κ3) is 7.23. The maximum absolute atomic E-state index is 11.0. The number of carbonyl (C=O) groups is 1. The Labute approximate surface area is 176 Å². The van der Waals surface area contributed by atoms with Crippen molar-refractivity contribution in [2.24, 2.45) is 17.8 Å². The maximum atomic E-state index is 11.0. The molecule has 0 amide bonds. The molecule has 1 heterocycles. The standard InChI is InChI=1S/C22H31NO5S/c1-14(24)4-2-5-16(25)8-10-19-18(15(13-23)12-20(19)26)7-3-6-17-9-11-21(29-17)22(27)28/h8-11,14-16,18-20,24-26H,2-7,12H2,1H3,(H,27,28)/b10-8+/t14-,15+,16+,18+,19-,20-/m1/s1. The lowest BCUT2D eigenvalue weighted by molar-refractivity contribution is 0.0702. The summed E-state index contributed by atoms with van der Waals surface area (Å²) >= 11 is 1.28. The first-order valence-electron chi connectivity index (χ1n) is 10.3. The van der Waals surface area contributed by atoms with Crippen molar-refractivity contribution < 1.29 is 25.2 Å². The molecular formula is C22H31NO5S. The fourth-order valence-corrected chi connectivity index (χ4v) is 4.96. The fraction of sp³-hybridized carbons (Fsp3) is 0.636. The van der Waals surface area contributed by atoms with Crippen LogP contribution in [0.3, 0.4) is 0 Å². The van der Waals surface area contributed by atoms with Crippen LogP contribution in [0.25, 0.3) is 0 Å². The van der Waals surface area contributed by atoms with Crippen molar-refractivity contribution in [2.75, 3.05) is 0 Å². The van der Waals surface area contributed by atoms with Gasteiger partial charge in [0.25, 0.3) is 0 Å². The van der Waals surface area contributed by atoms with E-state index in [4.69, 9.17) is 5.11 Å². The summed E-state index contributed by atoms with van der Waals surface area (Å²) in [6.45, 7) is 1.72. The van der Waals surface area contributed by atoms with E-state index in [1.54, 1.807) is 19.1 Å². The topological polar surface area (TPSA) is 122 Å². The Morgan fingerprint density at radius 2 is 2.10 bits per heavy atom. The van der Waals surface area contributed by atoms with E-state index < -0.39 is 18.2 Å². The van der Waals surface area contributed by atoms with Gasteiger partial charge in [-0.15, -0.1) is 11.3 Å². The first-order valence-corrected chi connectivity index (χ1v) is 11.1. The molecule has 1 aliphatic rings. The third-order valence-corrected chi connectivity index (χ3v) is 6.76. The van der Waals surface area contributed by atoms with E-state index in [0.717, 1.165) is 30.6 Å². The Bertz CT molecular complexity index is 723. The van der Waals surface area contributed by atoms with Crippen molar-refractivity contribution in [3.8, 4) is 6.07 Å². The van der Waals surface area contributed by atoms with Crippen molar-refractivity contribution in [3.63, 3.8) is 0 Å². The molecule has 1 aromatic rings. The van der Waals surface area contributed by atoms with E-state index in [0.29, 0.717) is 24.1 Å². The molecule has 0 spiro atoms. The van der Waals surface area contributed by atoms with Gasteiger partial charge in [-0.2, -0.15) is 5.26 Å². The number of thiophene rings is 1. The molecule has 6 nitrogen and oxygen atoms in total. The van der Waals surface area contributed by atoms with E-state index in [1.165, 1.54) is 11.3 Å². The lowest BCUT2D eigenvalue weighted by Gasteiger charge is -2.20. The summed E-state index contributed by atoms with van der Waals surface area (Å²) in [5, 5.41) is 48.3. The molecule has 0 aromatic carbocycles. The number of rotatable bonds is 11. The van der Waals surface area contributed by atoms with Crippen LogP contribution in [0.4, 0.5) is 0 Å². The third-order valence-electron chi connectivity index (χ3n) is 5.63. The van der Waals surface area contributed by atoms with Gasteiger partial charge in [-0.1, -0.05) is 12.2 Å². The minimum absolute atomic E-state index is 0.0230. The molecule has 0 radical (unpaired) electrons. The van der Waals surface area contributed by atoms with Crippen molar-refractivity contribution in [3.05, 3.63) is 34.0 Å². The first kappa shape index (κ1) is 23.6. The molecule has 1 aliphatic carbocycles. The quantitative estimate of drug-likeness (QED) is 0.406. The van der Waals surface area contributed by atoms with E-state index >= 15 is 0 Å². The van der Waals surface area contributed by atoms with Gasteiger partial charge in [-0.3, -0.25) is 0 Å². The number of hydrogen-bond acceptors (Lipinski definition) is 6. The molecule has 1 aromatic heterocycles. The number of aryl methyl sites for hydroxylation is 1. The molecule has 1 saturated carbocycles. The normalized spacial score (nSPS) is 26.4. The van der Waals surface area contributed by atoms with Gasteiger partial charge in [0.2, 0.25) is 0 Å². The highest BCUT2D eigenvalue weighted by Crippen LogP contribution is 2.41. The van der Waals surface area contributed by atoms with Gasteiger partial charge < -0.3 is 20.4 Å². The predicted octanol–water partition coefficient (Wildman–Crippen LogP) is 3.37. The van der Waals surface area contributed by atoms with Crippen LogP contribution in [0.1, 0.15) is 60.0 Å². The van der Waals surface area contributed by atoms with Gasteiger partial charge in [-0.25, -0.2) is 4.79 Å². The lowest BCUT2D eigenvalue weighted by Crippen LogP contribution is -2.19. The number of carboxylic acid groups (broad SMARTS) is 1. The molecule has 7 heteroatoms. The van der Waals surface area contributed by atoms with Crippen molar-refractivity contribution in [1.82, 2.24) is 0 Å². The van der Waals surface area contributed by atoms with Gasteiger partial charge in [0.05, 0.1) is 30.3 Å². The molecule has 4 N–H and O–H groups in total. The fourth-order valence-electron chi connectivity index (χ4n) is 4.07. The largest absolute Gasteiger partial charge is 0.477 e. The van der Waals surface area contributed by atoms with E-state index in [2.05, 4.69) is 6.07 Å². The van der Waals surface area contributed by atoms with Crippen LogP contribution in [0.15, 0.2) is 24.3 Å². The van der Waals surface area contributed by atoms with Crippen LogP contribution >= 0.6 is 11.3 Å². The number of aromatic carboxylic acids is 1. The van der Waals surface area contributed by atoms with Crippen LogP contribution in [0.2, 0.25) is 0 Å². The minimum Gasteiger partial charge on any atom is -0.477 e. The monoisotopic (exact) mass is 421 g/mol. The Morgan fingerprint density at radius 1 is 1.34 bits per heavy atom. The summed E-state index contributed by atoms with van der Waals surface area (Å²) in [7, 11) is 0. The maximum Gasteiger partial charge on any atom is 0.345 e. The highest BCUT2D eigenvalue weighted by molar-refractivity contribution is 7.13. The van der Waals surface area contributed by atoms with Crippen molar-refractivity contribution in [2.45, 2.75) is 70.2 Å². The van der Waals surface area contributed by atoms with Crippen molar-refractivity contribution >= 4 is 17.3 Å². The van der Waals surface area contributed by atoms with Gasteiger partial charge in [0.1, 0.15) is 4.88 Å². The summed E-state index contributed by atoms with van der Waals surface area (Å²) in [6, 6.07) is 5.77. The van der Waals surface area contributed by atoms with Crippen LogP contribution in [-0.2, 0) is 6.42 Å². The Kier molecular flexibility index (Phi) is 9.31. The van der Waals surface area contributed by atoms with E-state index in [9.17, 15) is 25.4 Å². The summed E-state index contributed by atoms with van der Waals surface area (Å²) in [5.41, 5.74) is 0. The molecule has 160 valence electrons. The van der Waals surface area contributed by atoms with Gasteiger partial charge in [-0.05, 0) is 69.9 Å². The van der Waals surface area contributed by atoms with Crippen LogP contribution in [0, 0.1) is 29.1 Å². The zero-order chi connectivity index (χ0) is 21.4. The molecule has 1 fully saturated rings. The number of nitriles is 1. The molecule has 29 heavy (non-hydrogen) atoms. The Balaban J connectivity index is 1.90. The second-order valence-electron chi connectivity index (χ2n) is 7.98. The van der Waals surface area contributed by atoms with E-state index in [1.807, 2.05) is 12.1 Å². The highest BCUT2D eigenvalue weighted by atomic mass is 32.1. The molecule has 0 bridgehead atoms. The SMILES string of the molecule is C[C@@H](O)CCC[C@H](O)/C=C/[C@@H]1[C@@H](CCCc2ccc(C(=O)O)s2)[C@H](C#N)C[C@H]1O. The second-order valence-corrected chi connectivity index (χ2v) is 9.14. The number of aliphatic hydroxyl groups excluding tert-OH is 3. The molecule has 0 aliphatic heterocycles. The zero-order valence-corrected chi connectivity index (χ0v) is 17.6. The molecule has 0 saturated heterocycles. The molecule has 6 atom stereocenters. The number of nitrogens with zero attached hydrogens (tertiary/aromatic N) is 1. The van der Waals surface area contributed by atoms with Crippen molar-refractivity contribution in [1.29, 1.82) is 5.26 Å². The Morgan fingerprint density at radius 3 is 2.72 bits per heavy atom. The average molecular weight is 422 g/mol. The summed E-state index contributed by atoms with van der Waals surface area (Å²) in [6.07, 6.45) is 6.67. The number of hydrogen-bond donors (Lipinski definition) is 4. The predicted molar refractivity (Wildman–Crippen MR) is 112 cm³/mol. The van der Waals surface area contributed by atoms with Gasteiger partial charge in [0.15, 0.2) is 0 Å². The van der Waals surface area contributed by atoms with Crippen LogP contribution < -0.4 is 0 Å². The van der Waals surface area contributed by atoms with Gasteiger partial charge >= 0.3 is 5.97 Å². The number of aliphatic hydroxyl groups is 3. The Hall–Kier alpha value is -1.72. The highest BCUT2D eigenvalue weighted by Gasteiger charge is 2.40. The summed E-state index contributed by atoms with van der Waals surface area (Å²) in [4.78, 5) is 12.3. The minimum atomic E-state index is -0.915. The molecule has 2 rings (SSSR count). The lowest BCUT2D eigenvalue weighted by atomic mass is 9.84. The second kappa shape index (κ2) is 11.5. The molecule has 0 unspecified atom stereocenters. The summed E-state index contributed by atoms with van der Waals surface area (Å²) in [5.74, 6) is -1.27. The first-order chi connectivity index (χ1) is 13.8. The van der Waals surface area contributed by atoms with Gasteiger partial charge in [0, 0.05) is 10.8 Å². The van der Waals surface area contributed by atoms with E-state index in [-0.39, 0.29) is 23.9 Å². The van der Waals surface area contributed by atoms with Crippen LogP contribution in [0.5, 0.6) is 0 Å². The number of carboxylic acids is 1. The smallest absolute Gasteiger partial charge is 0.345 e.